The van der Waals surface area contributed by atoms with Gasteiger partial charge in [-0.3, -0.25) is 19.2 Å². The number of fused-ring (bicyclic) bond motifs is 1. The number of rotatable bonds is 15. The standard InChI is InChI=1S/C40H41BrN6O10S/c1-4-25-20-40(25,38(51)46-58(54,55)28-13-9-6-10-14-28)45-36(49)33-18-27(22-47(33)37(50)32(44-39(52)53)21-42-35(48)23(2)41)57-34-19-30(24-11-7-5-8-12-24)43-31-17-26(56-3)15-16-29(31)34/h4-17,19,23,25,27,32-33,44H,1,18,20-22H2,2-3H3,(H,42,48)(H,45,49)(H,46,51)(H,52,53)/t23?,25-,27-,32+,33+,40-/m1/s1. The van der Waals surface area contributed by atoms with E-state index in [-0.39, 0.29) is 24.3 Å². The SMILES string of the molecule is C=C[C@@H]1C[C@]1(NC(=O)[C@@H]1C[C@@H](Oc2cc(-c3ccccc3)nc3cc(OC)ccc23)CN1C(=O)[C@H](CNC(=O)C(C)Br)NC(=O)O)C(=O)NS(=O)(=O)c1ccccc1. The Kier molecular flexibility index (Phi) is 12.4. The average Bonchev–Trinajstić information content (AvgIpc) is 3.77. The summed E-state index contributed by atoms with van der Waals surface area (Å²) >= 11 is 3.14. The van der Waals surface area contributed by atoms with Crippen LogP contribution in [0, 0.1) is 5.92 Å². The molecule has 4 aromatic rings. The summed E-state index contributed by atoms with van der Waals surface area (Å²) in [6.45, 7) is 4.63. The normalized spacial score (nSPS) is 20.9. The molecule has 6 rings (SSSR count). The molecule has 0 radical (unpaired) electrons. The van der Waals surface area contributed by atoms with E-state index < -0.39 is 80.8 Å². The number of carbonyl (C=O) groups is 5. The predicted molar refractivity (Wildman–Crippen MR) is 216 cm³/mol. The second kappa shape index (κ2) is 17.2. The molecule has 3 aromatic carbocycles. The molecular weight excluding hydrogens is 836 g/mol. The fourth-order valence-electron chi connectivity index (χ4n) is 6.81. The van der Waals surface area contributed by atoms with Gasteiger partial charge >= 0.3 is 6.09 Å². The largest absolute Gasteiger partial charge is 0.497 e. The number of pyridine rings is 1. The minimum Gasteiger partial charge on any atom is -0.497 e. The maximum Gasteiger partial charge on any atom is 0.405 e. The van der Waals surface area contributed by atoms with E-state index in [2.05, 4.69) is 43.2 Å². The van der Waals surface area contributed by atoms with E-state index in [0.717, 1.165) is 10.5 Å². The fourth-order valence-corrected chi connectivity index (χ4v) is 8.03. The van der Waals surface area contributed by atoms with E-state index in [1.807, 2.05) is 30.3 Å². The van der Waals surface area contributed by atoms with E-state index in [1.165, 1.54) is 37.5 Å². The van der Waals surface area contributed by atoms with Crippen LogP contribution in [0.5, 0.6) is 11.5 Å². The summed E-state index contributed by atoms with van der Waals surface area (Å²) in [5.74, 6) is -2.91. The molecule has 1 saturated carbocycles. The third-order valence-electron chi connectivity index (χ3n) is 9.96. The first-order valence-electron chi connectivity index (χ1n) is 18.1. The molecule has 18 heteroatoms. The van der Waals surface area contributed by atoms with Gasteiger partial charge in [0.2, 0.25) is 17.7 Å². The molecule has 2 fully saturated rings. The molecular formula is C40H41BrN6O10S. The highest BCUT2D eigenvalue weighted by Crippen LogP contribution is 2.45. The lowest BCUT2D eigenvalue weighted by Crippen LogP contribution is -2.59. The molecule has 1 aliphatic carbocycles. The number of aromatic nitrogens is 1. The predicted octanol–water partition coefficient (Wildman–Crippen LogP) is 3.36. The summed E-state index contributed by atoms with van der Waals surface area (Å²) in [5, 5.41) is 17.6. The monoisotopic (exact) mass is 876 g/mol. The van der Waals surface area contributed by atoms with Gasteiger partial charge in [-0.05, 0) is 37.6 Å². The minimum atomic E-state index is -4.33. The third-order valence-corrected chi connectivity index (χ3v) is 11.7. The molecule has 0 spiro atoms. The zero-order chi connectivity index (χ0) is 41.8. The first-order chi connectivity index (χ1) is 27.6. The Morgan fingerprint density at radius 3 is 2.36 bits per heavy atom. The van der Waals surface area contributed by atoms with Crippen molar-refractivity contribution in [2.24, 2.45) is 5.92 Å². The Morgan fingerprint density at radius 2 is 1.74 bits per heavy atom. The van der Waals surface area contributed by atoms with Gasteiger partial charge < -0.3 is 35.4 Å². The molecule has 1 saturated heterocycles. The highest BCUT2D eigenvalue weighted by molar-refractivity contribution is 9.10. The van der Waals surface area contributed by atoms with Crippen molar-refractivity contribution in [1.29, 1.82) is 0 Å². The number of benzene rings is 3. The van der Waals surface area contributed by atoms with Crippen LogP contribution in [0.25, 0.3) is 22.2 Å². The van der Waals surface area contributed by atoms with Crippen molar-refractivity contribution >= 4 is 66.6 Å². The van der Waals surface area contributed by atoms with Crippen LogP contribution in [0.15, 0.2) is 102 Å². The van der Waals surface area contributed by atoms with Crippen molar-refractivity contribution in [1.82, 2.24) is 30.6 Å². The molecule has 5 N–H and O–H groups in total. The number of hydrogen-bond donors (Lipinski definition) is 5. The molecule has 6 atom stereocenters. The number of nitrogens with zero attached hydrogens (tertiary/aromatic N) is 2. The summed E-state index contributed by atoms with van der Waals surface area (Å²) in [4.78, 5) is 71.8. The number of likely N-dealkylation sites (tertiary alicyclic amines) is 1. The van der Waals surface area contributed by atoms with Gasteiger partial charge in [0.05, 0.1) is 34.6 Å². The van der Waals surface area contributed by atoms with Crippen molar-refractivity contribution < 1.29 is 47.0 Å². The second-order valence-electron chi connectivity index (χ2n) is 13.9. The summed E-state index contributed by atoms with van der Waals surface area (Å²) < 4.78 is 40.3. The number of alkyl halides is 1. The van der Waals surface area contributed by atoms with Crippen molar-refractivity contribution in [3.05, 3.63) is 97.6 Å². The molecule has 2 aliphatic rings. The summed E-state index contributed by atoms with van der Waals surface area (Å²) in [5.41, 5.74) is 0.180. The number of ether oxygens (including phenoxy) is 2. The maximum atomic E-state index is 14.4. The first kappa shape index (κ1) is 41.6. The van der Waals surface area contributed by atoms with Crippen LogP contribution in [0.3, 0.4) is 0 Å². The molecule has 304 valence electrons. The number of nitrogens with one attached hydrogen (secondary N) is 4. The van der Waals surface area contributed by atoms with Crippen LogP contribution in [-0.4, -0.2) is 102 Å². The highest BCUT2D eigenvalue weighted by Gasteiger charge is 2.61. The van der Waals surface area contributed by atoms with Crippen LogP contribution in [0.1, 0.15) is 19.8 Å². The van der Waals surface area contributed by atoms with Crippen LogP contribution < -0.4 is 30.1 Å². The molecule has 5 amide bonds. The molecule has 1 aromatic heterocycles. The highest BCUT2D eigenvalue weighted by atomic mass is 79.9. The van der Waals surface area contributed by atoms with Gasteiger partial charge in [-0.15, -0.1) is 6.58 Å². The van der Waals surface area contributed by atoms with Crippen LogP contribution in [-0.2, 0) is 29.2 Å². The quantitative estimate of drug-likeness (QED) is 0.0861. The Labute approximate surface area is 342 Å². The molecule has 1 aliphatic heterocycles. The molecule has 1 unspecified atom stereocenters. The van der Waals surface area contributed by atoms with Crippen molar-refractivity contribution in [3.63, 3.8) is 0 Å². The van der Waals surface area contributed by atoms with E-state index in [9.17, 15) is 37.5 Å². The number of halogens is 1. The number of amides is 5. The van der Waals surface area contributed by atoms with E-state index in [0.29, 0.717) is 28.1 Å². The average molecular weight is 878 g/mol. The van der Waals surface area contributed by atoms with Gasteiger partial charge in [0.25, 0.3) is 15.9 Å². The van der Waals surface area contributed by atoms with Crippen LogP contribution in [0.2, 0.25) is 0 Å². The van der Waals surface area contributed by atoms with Crippen LogP contribution >= 0.6 is 15.9 Å². The topological polar surface area (TPSA) is 222 Å². The Balaban J connectivity index is 1.33. The minimum absolute atomic E-state index is 0.0215. The van der Waals surface area contributed by atoms with Crippen molar-refractivity contribution in [3.8, 4) is 22.8 Å². The van der Waals surface area contributed by atoms with Gasteiger partial charge in [0.15, 0.2) is 0 Å². The lowest BCUT2D eigenvalue weighted by molar-refractivity contribution is -0.141. The molecule has 0 bridgehead atoms. The fraction of sp³-hybridized carbons (Fsp3) is 0.300. The smallest absolute Gasteiger partial charge is 0.405 e. The van der Waals surface area contributed by atoms with Gasteiger partial charge in [0, 0.05) is 42.0 Å². The summed E-state index contributed by atoms with van der Waals surface area (Å²) in [6.07, 6.45) is -1.10. The van der Waals surface area contributed by atoms with Crippen molar-refractivity contribution in [2.75, 3.05) is 20.2 Å². The number of hydrogen-bond acceptors (Lipinski definition) is 10. The van der Waals surface area contributed by atoms with Crippen LogP contribution in [0.4, 0.5) is 4.79 Å². The van der Waals surface area contributed by atoms with Gasteiger partial charge in [-0.1, -0.05) is 70.5 Å². The summed E-state index contributed by atoms with van der Waals surface area (Å²) in [7, 11) is -2.80. The lowest BCUT2D eigenvalue weighted by Gasteiger charge is -2.29. The van der Waals surface area contributed by atoms with E-state index >= 15 is 0 Å². The molecule has 16 nitrogen and oxygen atoms in total. The second-order valence-corrected chi connectivity index (χ2v) is 16.9. The van der Waals surface area contributed by atoms with E-state index in [1.54, 1.807) is 37.3 Å². The molecule has 2 heterocycles. The molecule has 58 heavy (non-hydrogen) atoms. The lowest BCUT2D eigenvalue weighted by atomic mass is 10.1. The van der Waals surface area contributed by atoms with Crippen molar-refractivity contribution in [2.45, 2.75) is 53.2 Å². The zero-order valence-electron chi connectivity index (χ0n) is 31.4. The third kappa shape index (κ3) is 9.07. The Hall–Kier alpha value is -6.01. The van der Waals surface area contributed by atoms with E-state index in [4.69, 9.17) is 14.5 Å². The van der Waals surface area contributed by atoms with Gasteiger partial charge in [-0.2, -0.15) is 0 Å². The number of carbonyl (C=O) groups excluding carboxylic acids is 4. The zero-order valence-corrected chi connectivity index (χ0v) is 33.8. The first-order valence-corrected chi connectivity index (χ1v) is 20.5. The number of methoxy groups -OCH3 is 1. The van der Waals surface area contributed by atoms with Gasteiger partial charge in [0.1, 0.15) is 35.2 Å². The Morgan fingerprint density at radius 1 is 1.05 bits per heavy atom. The maximum absolute atomic E-state index is 14.4. The Bertz CT molecular complexity index is 2350. The number of sulfonamides is 1. The summed E-state index contributed by atoms with van der Waals surface area (Å²) in [6, 6.07) is 20.7. The number of carboxylic acid groups (broad SMARTS) is 1. The van der Waals surface area contributed by atoms with Gasteiger partial charge in [-0.25, -0.2) is 22.9 Å².